The van der Waals surface area contributed by atoms with Crippen molar-refractivity contribution in [2.24, 2.45) is 0 Å². The van der Waals surface area contributed by atoms with E-state index in [9.17, 15) is 4.79 Å². The summed E-state index contributed by atoms with van der Waals surface area (Å²) in [4.78, 5) is 10.8. The van der Waals surface area contributed by atoms with E-state index in [-0.39, 0.29) is 12.1 Å². The predicted molar refractivity (Wildman–Crippen MR) is 57.7 cm³/mol. The molecular weight excluding hydrogens is 190 g/mol. The highest BCUT2D eigenvalue weighted by molar-refractivity contribution is 5.73. The van der Waals surface area contributed by atoms with Crippen LogP contribution in [0, 0.1) is 6.92 Å². The molecule has 0 aliphatic carbocycles. The van der Waals surface area contributed by atoms with Crippen LogP contribution in [0.25, 0.3) is 0 Å². The van der Waals surface area contributed by atoms with Crippen LogP contribution in [0.5, 0.6) is 0 Å². The van der Waals surface area contributed by atoms with Gasteiger partial charge in [0.15, 0.2) is 0 Å². The summed E-state index contributed by atoms with van der Waals surface area (Å²) >= 11 is 0. The molecule has 3 nitrogen and oxygen atoms in total. The van der Waals surface area contributed by atoms with Crippen LogP contribution in [0.4, 0.5) is 0 Å². The summed E-state index contributed by atoms with van der Waals surface area (Å²) in [5.41, 5.74) is 2.41. The fourth-order valence-corrected chi connectivity index (χ4v) is 2.09. The van der Waals surface area contributed by atoms with Crippen LogP contribution in [0.3, 0.4) is 0 Å². The first-order valence-electron chi connectivity index (χ1n) is 5.22. The van der Waals surface area contributed by atoms with Crippen molar-refractivity contribution in [2.45, 2.75) is 31.8 Å². The van der Waals surface area contributed by atoms with Crippen molar-refractivity contribution in [2.75, 3.05) is 0 Å². The number of benzene rings is 1. The zero-order valence-corrected chi connectivity index (χ0v) is 8.73. The Morgan fingerprint density at radius 1 is 1.47 bits per heavy atom. The normalized spacial score (nSPS) is 25.4. The van der Waals surface area contributed by atoms with Crippen molar-refractivity contribution in [3.05, 3.63) is 35.4 Å². The Labute approximate surface area is 89.1 Å². The first kappa shape index (κ1) is 10.2. The third-order valence-corrected chi connectivity index (χ3v) is 2.89. The second kappa shape index (κ2) is 4.03. The Morgan fingerprint density at radius 2 is 2.27 bits per heavy atom. The molecule has 0 spiro atoms. The van der Waals surface area contributed by atoms with Crippen molar-refractivity contribution >= 4 is 5.97 Å². The first-order valence-corrected chi connectivity index (χ1v) is 5.22. The molecule has 1 aromatic carbocycles. The van der Waals surface area contributed by atoms with Crippen LogP contribution < -0.4 is 5.32 Å². The van der Waals surface area contributed by atoms with Gasteiger partial charge in [0.1, 0.15) is 6.04 Å². The van der Waals surface area contributed by atoms with Crippen LogP contribution in [0.15, 0.2) is 24.3 Å². The summed E-state index contributed by atoms with van der Waals surface area (Å²) in [6.45, 7) is 2.05. The smallest absolute Gasteiger partial charge is 0.320 e. The molecule has 0 radical (unpaired) electrons. The van der Waals surface area contributed by atoms with E-state index in [2.05, 4.69) is 17.4 Å². The molecular formula is C12H15NO2. The average Bonchev–Trinajstić information content (AvgIpc) is 2.66. The fraction of sp³-hybridized carbons (Fsp3) is 0.417. The van der Waals surface area contributed by atoms with E-state index in [1.165, 1.54) is 11.1 Å². The Bertz CT molecular complexity index is 376. The van der Waals surface area contributed by atoms with Crippen LogP contribution in [-0.2, 0) is 4.79 Å². The lowest BCUT2D eigenvalue weighted by Gasteiger charge is -2.12. The van der Waals surface area contributed by atoms with Crippen molar-refractivity contribution < 1.29 is 9.90 Å². The molecule has 3 heteroatoms. The maximum Gasteiger partial charge on any atom is 0.320 e. The molecule has 1 fully saturated rings. The van der Waals surface area contributed by atoms with Gasteiger partial charge in [0, 0.05) is 6.04 Å². The van der Waals surface area contributed by atoms with Gasteiger partial charge in [0.2, 0.25) is 0 Å². The summed E-state index contributed by atoms with van der Waals surface area (Å²) in [5, 5.41) is 12.0. The Hall–Kier alpha value is -1.35. The molecule has 0 aromatic heterocycles. The zero-order chi connectivity index (χ0) is 10.8. The Morgan fingerprint density at radius 3 is 2.87 bits per heavy atom. The van der Waals surface area contributed by atoms with Gasteiger partial charge >= 0.3 is 5.97 Å². The van der Waals surface area contributed by atoms with E-state index in [1.54, 1.807) is 0 Å². The maximum atomic E-state index is 10.8. The van der Waals surface area contributed by atoms with Gasteiger partial charge in [-0.25, -0.2) is 0 Å². The second-order valence-electron chi connectivity index (χ2n) is 4.10. The van der Waals surface area contributed by atoms with Gasteiger partial charge in [-0.15, -0.1) is 0 Å². The standard InChI is InChI=1S/C12H15NO2/c1-8-3-2-4-9(7-8)10-5-6-11(13-10)12(14)15/h2-4,7,10-11,13H,5-6H2,1H3,(H,14,15)/t10-,11+/m1/s1. The second-order valence-corrected chi connectivity index (χ2v) is 4.10. The fourth-order valence-electron chi connectivity index (χ4n) is 2.09. The molecule has 1 saturated heterocycles. The quantitative estimate of drug-likeness (QED) is 0.775. The van der Waals surface area contributed by atoms with Crippen molar-refractivity contribution in [1.82, 2.24) is 5.32 Å². The van der Waals surface area contributed by atoms with Gasteiger partial charge in [0.05, 0.1) is 0 Å². The summed E-state index contributed by atoms with van der Waals surface area (Å²) in [6.07, 6.45) is 1.62. The van der Waals surface area contributed by atoms with E-state index in [1.807, 2.05) is 19.1 Å². The summed E-state index contributed by atoms with van der Waals surface area (Å²) < 4.78 is 0. The lowest BCUT2D eigenvalue weighted by molar-refractivity contribution is -0.139. The number of carboxylic acids is 1. The summed E-state index contributed by atoms with van der Waals surface area (Å²) in [6, 6.07) is 8.05. The minimum absolute atomic E-state index is 0.200. The van der Waals surface area contributed by atoms with Crippen molar-refractivity contribution in [1.29, 1.82) is 0 Å². The first-order chi connectivity index (χ1) is 7.16. The summed E-state index contributed by atoms with van der Waals surface area (Å²) in [7, 11) is 0. The van der Waals surface area contributed by atoms with E-state index in [0.717, 1.165) is 6.42 Å². The monoisotopic (exact) mass is 205 g/mol. The molecule has 1 heterocycles. The largest absolute Gasteiger partial charge is 0.480 e. The maximum absolute atomic E-state index is 10.8. The van der Waals surface area contributed by atoms with Gasteiger partial charge in [-0.05, 0) is 25.3 Å². The number of nitrogens with one attached hydrogen (secondary N) is 1. The Balaban J connectivity index is 2.11. The van der Waals surface area contributed by atoms with E-state index in [0.29, 0.717) is 6.42 Å². The zero-order valence-electron chi connectivity index (χ0n) is 8.73. The van der Waals surface area contributed by atoms with E-state index < -0.39 is 5.97 Å². The predicted octanol–water partition coefficient (Wildman–Crippen LogP) is 1.87. The van der Waals surface area contributed by atoms with Gasteiger partial charge in [-0.1, -0.05) is 29.8 Å². The number of hydrogen-bond acceptors (Lipinski definition) is 2. The lowest BCUT2D eigenvalue weighted by Crippen LogP contribution is -2.31. The van der Waals surface area contributed by atoms with Gasteiger partial charge < -0.3 is 5.11 Å². The molecule has 2 rings (SSSR count). The molecule has 1 aliphatic rings. The average molecular weight is 205 g/mol. The van der Waals surface area contributed by atoms with E-state index in [4.69, 9.17) is 5.11 Å². The third-order valence-electron chi connectivity index (χ3n) is 2.89. The van der Waals surface area contributed by atoms with Crippen LogP contribution in [-0.4, -0.2) is 17.1 Å². The van der Waals surface area contributed by atoms with Crippen LogP contribution >= 0.6 is 0 Å². The van der Waals surface area contributed by atoms with Crippen LogP contribution in [0.2, 0.25) is 0 Å². The SMILES string of the molecule is Cc1cccc([C@H]2CC[C@@H](C(=O)O)N2)c1. The molecule has 0 unspecified atom stereocenters. The molecule has 0 amide bonds. The van der Waals surface area contributed by atoms with Crippen molar-refractivity contribution in [3.8, 4) is 0 Å². The van der Waals surface area contributed by atoms with Crippen LogP contribution in [0.1, 0.15) is 30.0 Å². The number of aryl methyl sites for hydroxylation is 1. The van der Waals surface area contributed by atoms with E-state index >= 15 is 0 Å². The minimum atomic E-state index is -0.745. The molecule has 2 N–H and O–H groups in total. The molecule has 0 saturated carbocycles. The number of hydrogen-bond donors (Lipinski definition) is 2. The molecule has 1 aromatic rings. The number of aliphatic carboxylic acids is 1. The molecule has 0 bridgehead atoms. The highest BCUT2D eigenvalue weighted by Crippen LogP contribution is 2.26. The number of carboxylic acid groups (broad SMARTS) is 1. The third kappa shape index (κ3) is 2.18. The van der Waals surface area contributed by atoms with Crippen molar-refractivity contribution in [3.63, 3.8) is 0 Å². The van der Waals surface area contributed by atoms with Gasteiger partial charge in [-0.2, -0.15) is 0 Å². The topological polar surface area (TPSA) is 49.3 Å². The Kier molecular flexibility index (Phi) is 2.73. The number of rotatable bonds is 2. The molecule has 1 aliphatic heterocycles. The highest BCUT2D eigenvalue weighted by Gasteiger charge is 2.29. The van der Waals surface area contributed by atoms with Gasteiger partial charge in [-0.3, -0.25) is 10.1 Å². The summed E-state index contributed by atoms with van der Waals surface area (Å²) in [5.74, 6) is -0.745. The number of carbonyl (C=O) groups is 1. The highest BCUT2D eigenvalue weighted by atomic mass is 16.4. The minimum Gasteiger partial charge on any atom is -0.480 e. The molecule has 15 heavy (non-hydrogen) atoms. The van der Waals surface area contributed by atoms with Gasteiger partial charge in [0.25, 0.3) is 0 Å². The lowest BCUT2D eigenvalue weighted by atomic mass is 10.0. The molecule has 80 valence electrons. The molecule has 2 atom stereocenters.